The van der Waals surface area contributed by atoms with E-state index in [0.717, 1.165) is 16.9 Å². The third kappa shape index (κ3) is 3.13. The highest BCUT2D eigenvalue weighted by atomic mass is 16.5. The van der Waals surface area contributed by atoms with Crippen LogP contribution in [0.4, 0.5) is 0 Å². The monoisotopic (exact) mass is 359 g/mol. The quantitative estimate of drug-likeness (QED) is 0.555. The molecule has 27 heavy (non-hydrogen) atoms. The van der Waals surface area contributed by atoms with Crippen LogP contribution in [0.25, 0.3) is 34.3 Å². The fraction of sp³-hybridized carbons (Fsp3) is 0.0952. The summed E-state index contributed by atoms with van der Waals surface area (Å²) in [5, 5.41) is 9.03. The largest absolute Gasteiger partial charge is 0.497 e. The maximum absolute atomic E-state index is 12.4. The van der Waals surface area contributed by atoms with Crippen molar-refractivity contribution in [3.8, 4) is 17.0 Å². The Morgan fingerprint density at radius 1 is 1.04 bits per heavy atom. The second-order valence-electron chi connectivity index (χ2n) is 6.02. The van der Waals surface area contributed by atoms with Gasteiger partial charge in [-0.25, -0.2) is 4.68 Å². The average Bonchev–Trinajstić information content (AvgIpc) is 3.14. The summed E-state index contributed by atoms with van der Waals surface area (Å²) in [5.41, 5.74) is 2.49. The molecule has 0 aliphatic heterocycles. The number of hydrogen-bond donors (Lipinski definition) is 0. The molecule has 0 radical (unpaired) electrons. The summed E-state index contributed by atoms with van der Waals surface area (Å²) in [6, 6.07) is 17.3. The standard InChI is InChI=1S/C21H17N3O3/c1-24-21(25)20-18(19(22-24)15-6-4-3-5-7-15)17(27-23-20)13-10-14-8-11-16(26-2)12-9-14/h3-13H,1-2H3/b13-10+. The van der Waals surface area contributed by atoms with Gasteiger partial charge in [0.15, 0.2) is 11.3 Å². The van der Waals surface area contributed by atoms with Crippen LogP contribution in [0, 0.1) is 0 Å². The summed E-state index contributed by atoms with van der Waals surface area (Å²) in [6.45, 7) is 0. The molecule has 0 atom stereocenters. The molecular formula is C21H17N3O3. The molecule has 0 N–H and O–H groups in total. The Kier molecular flexibility index (Phi) is 4.30. The van der Waals surface area contributed by atoms with Crippen LogP contribution in [0.1, 0.15) is 11.3 Å². The first-order valence-corrected chi connectivity index (χ1v) is 8.41. The number of aryl methyl sites for hydroxylation is 1. The van der Waals surface area contributed by atoms with E-state index in [-0.39, 0.29) is 11.1 Å². The van der Waals surface area contributed by atoms with Crippen molar-refractivity contribution >= 4 is 23.1 Å². The molecule has 2 heterocycles. The van der Waals surface area contributed by atoms with Gasteiger partial charge in [-0.15, -0.1) is 0 Å². The van der Waals surface area contributed by atoms with Crippen LogP contribution in [0.2, 0.25) is 0 Å². The topological polar surface area (TPSA) is 70.2 Å². The van der Waals surface area contributed by atoms with Crippen molar-refractivity contribution in [1.29, 1.82) is 0 Å². The van der Waals surface area contributed by atoms with Crippen molar-refractivity contribution in [2.75, 3.05) is 7.11 Å². The van der Waals surface area contributed by atoms with E-state index in [9.17, 15) is 4.79 Å². The molecule has 0 amide bonds. The van der Waals surface area contributed by atoms with E-state index in [1.807, 2.05) is 60.7 Å². The van der Waals surface area contributed by atoms with Gasteiger partial charge in [0.2, 0.25) is 0 Å². The lowest BCUT2D eigenvalue weighted by Crippen LogP contribution is -2.20. The third-order valence-electron chi connectivity index (χ3n) is 4.29. The van der Waals surface area contributed by atoms with Crippen LogP contribution in [0.15, 0.2) is 63.9 Å². The normalized spacial score (nSPS) is 11.3. The molecule has 0 unspecified atom stereocenters. The molecule has 0 spiro atoms. The average molecular weight is 359 g/mol. The van der Waals surface area contributed by atoms with Crippen molar-refractivity contribution in [3.05, 3.63) is 76.3 Å². The Hall–Kier alpha value is -3.67. The molecular weight excluding hydrogens is 342 g/mol. The van der Waals surface area contributed by atoms with E-state index < -0.39 is 0 Å². The second-order valence-corrected chi connectivity index (χ2v) is 6.02. The van der Waals surface area contributed by atoms with Gasteiger partial charge >= 0.3 is 0 Å². The first kappa shape index (κ1) is 16.8. The number of hydrogen-bond acceptors (Lipinski definition) is 5. The molecule has 2 aromatic heterocycles. The van der Waals surface area contributed by atoms with E-state index >= 15 is 0 Å². The minimum atomic E-state index is -0.294. The Morgan fingerprint density at radius 3 is 2.48 bits per heavy atom. The smallest absolute Gasteiger partial charge is 0.296 e. The van der Waals surface area contributed by atoms with Crippen LogP contribution in [-0.4, -0.2) is 22.0 Å². The molecule has 0 saturated carbocycles. The van der Waals surface area contributed by atoms with Gasteiger partial charge in [-0.05, 0) is 23.8 Å². The van der Waals surface area contributed by atoms with Crippen molar-refractivity contribution in [2.45, 2.75) is 0 Å². The number of aromatic nitrogens is 3. The second kappa shape index (κ2) is 6.92. The maximum atomic E-state index is 12.4. The highest BCUT2D eigenvalue weighted by Gasteiger charge is 2.18. The van der Waals surface area contributed by atoms with Gasteiger partial charge in [-0.3, -0.25) is 4.79 Å². The predicted octanol–water partition coefficient (Wildman–Crippen LogP) is 3.77. The fourth-order valence-electron chi connectivity index (χ4n) is 2.88. The lowest BCUT2D eigenvalue weighted by atomic mass is 10.1. The van der Waals surface area contributed by atoms with Crippen LogP contribution >= 0.6 is 0 Å². The van der Waals surface area contributed by atoms with Gasteiger partial charge in [0.05, 0.1) is 12.5 Å². The minimum Gasteiger partial charge on any atom is -0.497 e. The summed E-state index contributed by atoms with van der Waals surface area (Å²) in [6.07, 6.45) is 3.69. The van der Waals surface area contributed by atoms with Gasteiger partial charge in [0.1, 0.15) is 11.4 Å². The molecule has 0 aliphatic carbocycles. The molecule has 2 aromatic carbocycles. The molecule has 0 bridgehead atoms. The molecule has 0 saturated heterocycles. The van der Waals surface area contributed by atoms with Gasteiger partial charge < -0.3 is 9.26 Å². The highest BCUT2D eigenvalue weighted by Crippen LogP contribution is 2.28. The number of rotatable bonds is 4. The summed E-state index contributed by atoms with van der Waals surface area (Å²) in [5.74, 6) is 1.28. The van der Waals surface area contributed by atoms with Crippen LogP contribution in [0.5, 0.6) is 5.75 Å². The van der Waals surface area contributed by atoms with Crippen molar-refractivity contribution in [2.24, 2.45) is 7.05 Å². The summed E-state index contributed by atoms with van der Waals surface area (Å²) in [4.78, 5) is 12.4. The molecule has 6 heteroatoms. The zero-order chi connectivity index (χ0) is 18.8. The van der Waals surface area contributed by atoms with Crippen LogP contribution < -0.4 is 10.3 Å². The summed E-state index contributed by atoms with van der Waals surface area (Å²) >= 11 is 0. The Labute approximate surface area is 155 Å². The predicted molar refractivity (Wildman–Crippen MR) is 104 cm³/mol. The summed E-state index contributed by atoms with van der Waals surface area (Å²) in [7, 11) is 3.24. The van der Waals surface area contributed by atoms with E-state index in [4.69, 9.17) is 9.26 Å². The number of nitrogens with zero attached hydrogens (tertiary/aromatic N) is 3. The zero-order valence-corrected chi connectivity index (χ0v) is 14.9. The third-order valence-corrected chi connectivity index (χ3v) is 4.29. The number of methoxy groups -OCH3 is 1. The molecule has 4 rings (SSSR count). The first-order valence-electron chi connectivity index (χ1n) is 8.41. The van der Waals surface area contributed by atoms with Crippen molar-refractivity contribution < 1.29 is 9.26 Å². The van der Waals surface area contributed by atoms with Gasteiger partial charge in [0, 0.05) is 12.6 Å². The maximum Gasteiger partial charge on any atom is 0.296 e. The number of benzene rings is 2. The minimum absolute atomic E-state index is 0.265. The van der Waals surface area contributed by atoms with Gasteiger partial charge in [0.25, 0.3) is 5.56 Å². The first-order chi connectivity index (χ1) is 13.2. The van der Waals surface area contributed by atoms with Crippen LogP contribution in [0.3, 0.4) is 0 Å². The van der Waals surface area contributed by atoms with Crippen molar-refractivity contribution in [3.63, 3.8) is 0 Å². The van der Waals surface area contributed by atoms with Gasteiger partial charge in [-0.2, -0.15) is 5.10 Å². The molecule has 0 fully saturated rings. The Balaban J connectivity index is 1.85. The van der Waals surface area contributed by atoms with Crippen LogP contribution in [-0.2, 0) is 7.05 Å². The lowest BCUT2D eigenvalue weighted by molar-refractivity contribution is 0.415. The van der Waals surface area contributed by atoms with Crippen molar-refractivity contribution in [1.82, 2.24) is 14.9 Å². The highest BCUT2D eigenvalue weighted by molar-refractivity contribution is 5.97. The molecule has 4 aromatic rings. The van der Waals surface area contributed by atoms with Gasteiger partial charge in [-0.1, -0.05) is 53.7 Å². The Bertz CT molecular complexity index is 1170. The number of fused-ring (bicyclic) bond motifs is 1. The zero-order valence-electron chi connectivity index (χ0n) is 14.9. The summed E-state index contributed by atoms with van der Waals surface area (Å²) < 4.78 is 11.9. The SMILES string of the molecule is COc1ccc(/C=C/c2onc3c(=O)n(C)nc(-c4ccccc4)c23)cc1. The van der Waals surface area contributed by atoms with E-state index in [2.05, 4.69) is 10.3 Å². The molecule has 6 nitrogen and oxygen atoms in total. The number of ether oxygens (including phenoxy) is 1. The lowest BCUT2D eigenvalue weighted by Gasteiger charge is -2.04. The van der Waals surface area contributed by atoms with E-state index in [1.54, 1.807) is 20.2 Å². The van der Waals surface area contributed by atoms with E-state index in [0.29, 0.717) is 16.8 Å². The van der Waals surface area contributed by atoms with E-state index in [1.165, 1.54) is 4.68 Å². The fourth-order valence-corrected chi connectivity index (χ4v) is 2.88. The molecule has 134 valence electrons. The molecule has 0 aliphatic rings. The Morgan fingerprint density at radius 2 is 1.78 bits per heavy atom.